The predicted octanol–water partition coefficient (Wildman–Crippen LogP) is 6.20. The van der Waals surface area contributed by atoms with Gasteiger partial charge in [-0.25, -0.2) is 9.97 Å². The van der Waals surface area contributed by atoms with E-state index in [2.05, 4.69) is 36.3 Å². The second kappa shape index (κ2) is 8.49. The SMILES string of the molecule is CCCN(CCC)c1c(CC)nc2c(-c3ccc(Cl)cc3Cl)nc(C)cn12. The summed E-state index contributed by atoms with van der Waals surface area (Å²) in [5, 5.41) is 1.20. The van der Waals surface area contributed by atoms with Gasteiger partial charge in [0.2, 0.25) is 0 Å². The molecule has 0 saturated heterocycles. The molecule has 0 aliphatic carbocycles. The molecule has 0 spiro atoms. The molecule has 2 heterocycles. The van der Waals surface area contributed by atoms with Gasteiger partial charge in [0, 0.05) is 29.9 Å². The molecule has 3 aromatic rings. The van der Waals surface area contributed by atoms with E-state index in [1.165, 1.54) is 5.82 Å². The second-order valence-electron chi connectivity index (χ2n) is 6.77. The minimum atomic E-state index is 0.587. The molecular formula is C21H26Cl2N4. The molecule has 1 aromatic carbocycles. The number of benzene rings is 1. The van der Waals surface area contributed by atoms with Crippen LogP contribution in [0.15, 0.2) is 24.4 Å². The van der Waals surface area contributed by atoms with Crippen molar-refractivity contribution in [3.05, 3.63) is 45.8 Å². The quantitative estimate of drug-likeness (QED) is 0.469. The van der Waals surface area contributed by atoms with Crippen LogP contribution >= 0.6 is 23.2 Å². The first-order chi connectivity index (χ1) is 13.0. The van der Waals surface area contributed by atoms with Gasteiger partial charge in [-0.05, 0) is 44.4 Å². The van der Waals surface area contributed by atoms with Crippen LogP contribution in [0.1, 0.15) is 45.0 Å². The molecule has 4 nitrogen and oxygen atoms in total. The molecule has 0 aliphatic heterocycles. The van der Waals surface area contributed by atoms with E-state index in [0.29, 0.717) is 10.0 Å². The van der Waals surface area contributed by atoms with E-state index < -0.39 is 0 Å². The number of rotatable bonds is 7. The molecule has 0 bridgehead atoms. The monoisotopic (exact) mass is 404 g/mol. The lowest BCUT2D eigenvalue weighted by Gasteiger charge is -2.24. The van der Waals surface area contributed by atoms with E-state index in [4.69, 9.17) is 33.2 Å². The predicted molar refractivity (Wildman–Crippen MR) is 115 cm³/mol. The van der Waals surface area contributed by atoms with Crippen molar-refractivity contribution in [2.75, 3.05) is 18.0 Å². The lowest BCUT2D eigenvalue weighted by Crippen LogP contribution is -2.27. The molecule has 0 atom stereocenters. The van der Waals surface area contributed by atoms with Crippen molar-refractivity contribution in [3.8, 4) is 11.3 Å². The third-order valence-electron chi connectivity index (χ3n) is 4.58. The van der Waals surface area contributed by atoms with Gasteiger partial charge in [0.25, 0.3) is 0 Å². The van der Waals surface area contributed by atoms with Crippen molar-refractivity contribution in [3.63, 3.8) is 0 Å². The van der Waals surface area contributed by atoms with E-state index in [0.717, 1.165) is 60.6 Å². The molecule has 0 amide bonds. The number of aryl methyl sites for hydroxylation is 2. The summed E-state index contributed by atoms with van der Waals surface area (Å²) < 4.78 is 2.19. The van der Waals surface area contributed by atoms with E-state index >= 15 is 0 Å². The maximum absolute atomic E-state index is 6.49. The van der Waals surface area contributed by atoms with Crippen LogP contribution in [0.2, 0.25) is 10.0 Å². The van der Waals surface area contributed by atoms with Gasteiger partial charge in [-0.15, -0.1) is 0 Å². The van der Waals surface area contributed by atoms with Crippen LogP contribution in [0.25, 0.3) is 16.9 Å². The number of halogens is 2. The first-order valence-corrected chi connectivity index (χ1v) is 10.3. The maximum Gasteiger partial charge on any atom is 0.165 e. The number of fused-ring (bicyclic) bond motifs is 1. The summed E-state index contributed by atoms with van der Waals surface area (Å²) in [4.78, 5) is 12.2. The molecule has 27 heavy (non-hydrogen) atoms. The molecular weight excluding hydrogens is 379 g/mol. The van der Waals surface area contributed by atoms with Crippen LogP contribution in [0.3, 0.4) is 0 Å². The van der Waals surface area contributed by atoms with E-state index in [1.807, 2.05) is 19.1 Å². The molecule has 0 N–H and O–H groups in total. The lowest BCUT2D eigenvalue weighted by atomic mass is 10.1. The van der Waals surface area contributed by atoms with Gasteiger partial charge in [0.15, 0.2) is 5.65 Å². The maximum atomic E-state index is 6.49. The van der Waals surface area contributed by atoms with Gasteiger partial charge >= 0.3 is 0 Å². The highest BCUT2D eigenvalue weighted by molar-refractivity contribution is 6.36. The first kappa shape index (κ1) is 20.0. The zero-order valence-corrected chi connectivity index (χ0v) is 17.9. The topological polar surface area (TPSA) is 33.4 Å². The number of hydrogen-bond acceptors (Lipinski definition) is 3. The van der Waals surface area contributed by atoms with E-state index in [1.54, 1.807) is 6.07 Å². The minimum Gasteiger partial charge on any atom is -0.356 e. The van der Waals surface area contributed by atoms with Crippen LogP contribution in [-0.4, -0.2) is 27.5 Å². The molecule has 0 aliphatic rings. The van der Waals surface area contributed by atoms with Crippen molar-refractivity contribution in [2.45, 2.75) is 47.0 Å². The summed E-state index contributed by atoms with van der Waals surface area (Å²) in [6.45, 7) is 10.6. The van der Waals surface area contributed by atoms with Crippen molar-refractivity contribution in [1.29, 1.82) is 0 Å². The Morgan fingerprint density at radius 3 is 2.33 bits per heavy atom. The van der Waals surface area contributed by atoms with Gasteiger partial charge < -0.3 is 4.90 Å². The molecule has 144 valence electrons. The molecule has 6 heteroatoms. The van der Waals surface area contributed by atoms with Crippen molar-refractivity contribution in [1.82, 2.24) is 14.4 Å². The van der Waals surface area contributed by atoms with Crippen LogP contribution in [0.5, 0.6) is 0 Å². The molecule has 0 saturated carbocycles. The van der Waals surface area contributed by atoms with Gasteiger partial charge in [0.1, 0.15) is 11.5 Å². The third-order valence-corrected chi connectivity index (χ3v) is 5.13. The van der Waals surface area contributed by atoms with Crippen LogP contribution in [0.4, 0.5) is 5.82 Å². The summed E-state index contributed by atoms with van der Waals surface area (Å²) >= 11 is 12.6. The number of anilines is 1. The number of aromatic nitrogens is 3. The molecule has 0 fully saturated rings. The fourth-order valence-electron chi connectivity index (χ4n) is 3.50. The van der Waals surface area contributed by atoms with E-state index in [-0.39, 0.29) is 0 Å². The Kier molecular flexibility index (Phi) is 6.28. The van der Waals surface area contributed by atoms with Gasteiger partial charge in [-0.1, -0.05) is 44.0 Å². The van der Waals surface area contributed by atoms with Crippen LogP contribution in [-0.2, 0) is 6.42 Å². The normalized spacial score (nSPS) is 11.3. The molecule has 0 radical (unpaired) electrons. The van der Waals surface area contributed by atoms with Crippen LogP contribution in [0, 0.1) is 6.92 Å². The zero-order valence-electron chi connectivity index (χ0n) is 16.4. The highest BCUT2D eigenvalue weighted by atomic mass is 35.5. The zero-order chi connectivity index (χ0) is 19.6. The van der Waals surface area contributed by atoms with Gasteiger partial charge in [0.05, 0.1) is 16.4 Å². The van der Waals surface area contributed by atoms with Gasteiger partial charge in [-0.3, -0.25) is 4.40 Å². The largest absolute Gasteiger partial charge is 0.356 e. The first-order valence-electron chi connectivity index (χ1n) is 9.59. The molecule has 0 unspecified atom stereocenters. The molecule has 3 rings (SSSR count). The Hall–Kier alpha value is -1.78. The smallest absolute Gasteiger partial charge is 0.165 e. The Bertz CT molecular complexity index is 943. The number of nitrogens with zero attached hydrogens (tertiary/aromatic N) is 4. The Balaban J connectivity index is 2.29. The standard InChI is InChI=1S/C21H26Cl2N4/c1-5-10-26(11-6-2)21-18(7-3)25-20-19(24-14(4)13-27(20)21)16-9-8-15(22)12-17(16)23/h8-9,12-13H,5-7,10-11H2,1-4H3. The molecule has 2 aromatic heterocycles. The Morgan fingerprint density at radius 1 is 1.04 bits per heavy atom. The average molecular weight is 405 g/mol. The highest BCUT2D eigenvalue weighted by Gasteiger charge is 2.21. The van der Waals surface area contributed by atoms with Crippen LogP contribution < -0.4 is 4.90 Å². The van der Waals surface area contributed by atoms with E-state index in [9.17, 15) is 0 Å². The third kappa shape index (κ3) is 3.92. The Morgan fingerprint density at radius 2 is 1.74 bits per heavy atom. The lowest BCUT2D eigenvalue weighted by molar-refractivity contribution is 0.725. The van der Waals surface area contributed by atoms with Crippen molar-refractivity contribution >= 4 is 34.7 Å². The second-order valence-corrected chi connectivity index (χ2v) is 7.62. The Labute approximate surface area is 171 Å². The number of hydrogen-bond donors (Lipinski definition) is 0. The summed E-state index contributed by atoms with van der Waals surface area (Å²) in [7, 11) is 0. The summed E-state index contributed by atoms with van der Waals surface area (Å²) in [6.07, 6.45) is 5.13. The fourth-order valence-corrected chi connectivity index (χ4v) is 4.00. The van der Waals surface area contributed by atoms with Crippen molar-refractivity contribution in [2.24, 2.45) is 0 Å². The average Bonchev–Trinajstić information content (AvgIpc) is 2.99. The minimum absolute atomic E-state index is 0.587. The summed E-state index contributed by atoms with van der Waals surface area (Å²) in [6, 6.07) is 5.51. The fraction of sp³-hybridized carbons (Fsp3) is 0.429. The van der Waals surface area contributed by atoms with Gasteiger partial charge in [-0.2, -0.15) is 0 Å². The number of imidazole rings is 1. The summed E-state index contributed by atoms with van der Waals surface area (Å²) in [5.41, 5.74) is 4.51. The summed E-state index contributed by atoms with van der Waals surface area (Å²) in [5.74, 6) is 1.17. The van der Waals surface area contributed by atoms with Crippen molar-refractivity contribution < 1.29 is 0 Å². The highest BCUT2D eigenvalue weighted by Crippen LogP contribution is 2.34.